The number of likely N-dealkylation sites (N-methyl/N-ethyl adjacent to an activating group) is 1. The van der Waals surface area contributed by atoms with Crippen molar-refractivity contribution in [1.29, 1.82) is 5.41 Å². The standard InChI is InChI=1S/C87H125N23O19S2/c1-48(2)73(84(126)105-63(38-51-18-7-6-8-19-51)76(118)98-44-71(115)94-36-37-129-45-72(116)100-60(75(91)117)24-13-15-33-88)108-78(120)61(25-17-35-95-87(92)93)101-80(122)65(40-53-42-96-58-22-11-9-20-56(53)58)104-79(121)64(39-52-27-29-55(113)30-28-52)103-82(124)67(46-130)107-77(119)62(31-32-70(90)114)102-81(123)66(41-54-43-97-59-23-12-10-21-57(54)59)106-85(127)74(49(3)111)109-83(125)69(26-14-16-34-89)110(5)86(128)68(47-131)99-50(4)112/h6-12,18-23,27-30,42-43,48-49,60-69,73-74,96-97,111,113,130-131H,13-17,24-26,31-41,44-47,88-89H2,1-5H3,(H2,90,114)(H2,91,117)(H,94,115)(H,98,118)(H,99,112)(H,100,116)(H,101,122)(H,102,123)(H,103,124)(H,104,121)(H,105,126)(H,106,127)(H,107,119)(H,108,120)(H,109,125)(H4,92,93,95)/t49-,60-,61+,62+,63+,64+,65+,66+,67+,68+,69+,73+,74+/m1/s1. The summed E-state index contributed by atoms with van der Waals surface area (Å²) in [6.07, 6.45) is 1.38. The van der Waals surface area contributed by atoms with Crippen molar-refractivity contribution < 1.29 is 91.7 Å². The number of para-hydroxylation sites is 2. The zero-order valence-electron chi connectivity index (χ0n) is 73.9. The van der Waals surface area contributed by atoms with Crippen LogP contribution in [0.4, 0.5) is 0 Å². The predicted molar refractivity (Wildman–Crippen MR) is 493 cm³/mol. The summed E-state index contributed by atoms with van der Waals surface area (Å²) < 4.78 is 5.36. The normalized spacial score (nSPS) is 14.2. The third kappa shape index (κ3) is 35.8. The molecule has 0 aliphatic rings. The highest BCUT2D eigenvalue weighted by atomic mass is 32.1. The van der Waals surface area contributed by atoms with Crippen molar-refractivity contribution >= 4 is 148 Å². The van der Waals surface area contributed by atoms with Crippen molar-refractivity contribution in [2.75, 3.05) is 64.5 Å². The fraction of sp³-hybridized carbons (Fsp3) is 0.483. The molecular weight excluding hydrogens is 1740 g/mol. The van der Waals surface area contributed by atoms with E-state index in [4.69, 9.17) is 38.8 Å². The average molecular weight is 1860 g/mol. The molecule has 4 aromatic carbocycles. The molecule has 131 heavy (non-hydrogen) atoms. The van der Waals surface area contributed by atoms with Gasteiger partial charge in [0.25, 0.3) is 0 Å². The summed E-state index contributed by atoms with van der Waals surface area (Å²) in [4.78, 5) is 232. The van der Waals surface area contributed by atoms with E-state index in [1.165, 1.54) is 45.2 Å². The van der Waals surface area contributed by atoms with Crippen LogP contribution in [0.2, 0.25) is 0 Å². The zero-order valence-corrected chi connectivity index (χ0v) is 75.7. The first kappa shape index (κ1) is 107. The van der Waals surface area contributed by atoms with Gasteiger partial charge in [-0.3, -0.25) is 82.1 Å². The van der Waals surface area contributed by atoms with Gasteiger partial charge in [0.1, 0.15) is 84.9 Å². The Morgan fingerprint density at radius 2 is 0.916 bits per heavy atom. The van der Waals surface area contributed by atoms with Gasteiger partial charge in [0, 0.05) is 105 Å². The largest absolute Gasteiger partial charge is 0.508 e. The van der Waals surface area contributed by atoms with Gasteiger partial charge in [0.2, 0.25) is 94.5 Å². The molecule has 29 N–H and O–H groups in total. The Hall–Kier alpha value is -12.9. The van der Waals surface area contributed by atoms with Gasteiger partial charge in [0.15, 0.2) is 5.96 Å². The van der Waals surface area contributed by atoms with E-state index in [0.717, 1.165) is 4.90 Å². The van der Waals surface area contributed by atoms with Crippen LogP contribution in [0, 0.1) is 11.3 Å². The Bertz CT molecular complexity index is 4870. The van der Waals surface area contributed by atoms with Gasteiger partial charge in [-0.15, -0.1) is 0 Å². The first-order chi connectivity index (χ1) is 62.4. The van der Waals surface area contributed by atoms with Gasteiger partial charge in [-0.2, -0.15) is 25.3 Å². The van der Waals surface area contributed by atoms with Crippen molar-refractivity contribution in [3.8, 4) is 5.75 Å². The predicted octanol–water partition coefficient (Wildman–Crippen LogP) is -3.78. The number of fused-ring (bicyclic) bond motifs is 2. The molecule has 6 rings (SSSR count). The molecule has 0 radical (unpaired) electrons. The number of amides is 16. The molecule has 0 spiro atoms. The number of aliphatic hydroxyl groups is 1. The molecule has 6 aromatic rings. The molecule has 44 heteroatoms. The van der Waals surface area contributed by atoms with Crippen molar-refractivity contribution in [3.05, 3.63) is 138 Å². The smallest absolute Gasteiger partial charge is 0.246 e. The number of rotatable bonds is 58. The van der Waals surface area contributed by atoms with Gasteiger partial charge in [0.05, 0.1) is 19.3 Å². The SMILES string of the molecule is CC(=O)N[C@@H](CS)C(=O)N(C)[C@@H](CCCCN)C(=O)N[C@H](C(=O)N[C@@H](Cc1c[nH]c2ccccc12)C(=O)N[C@@H](CCC(N)=O)C(=O)N[C@@H](CS)C(=O)N[C@@H](Cc1ccc(O)cc1)C(=O)N[C@@H](Cc1c[nH]c2ccccc12)C(=O)N[C@@H](CCCNC(=N)N)C(=O)N[C@H](C(=O)N[C@@H](Cc1ccccc1)C(=O)NCC(=O)NCCOCC(=O)N[C@H](CCCCN)C(N)=O)C(C)C)[C@@H](C)O. The van der Waals surface area contributed by atoms with Crippen molar-refractivity contribution in [1.82, 2.24) is 89.3 Å². The number of nitrogens with zero attached hydrogens (tertiary/aromatic N) is 1. The van der Waals surface area contributed by atoms with E-state index in [2.05, 4.69) is 110 Å². The van der Waals surface area contributed by atoms with Crippen LogP contribution in [-0.4, -0.2) is 269 Å². The summed E-state index contributed by atoms with van der Waals surface area (Å²) in [6, 6.07) is 10.00. The summed E-state index contributed by atoms with van der Waals surface area (Å²) in [6.45, 7) is 4.94. The van der Waals surface area contributed by atoms with Crippen LogP contribution < -0.4 is 103 Å². The van der Waals surface area contributed by atoms with E-state index in [1.54, 1.807) is 105 Å². The average Bonchev–Trinajstić information content (AvgIpc) is 1.74. The third-order valence-electron chi connectivity index (χ3n) is 21.2. The molecule has 0 aliphatic heterocycles. The highest BCUT2D eigenvalue weighted by Crippen LogP contribution is 2.23. The molecule has 16 amide bonds. The number of hydrogen-bond acceptors (Lipinski definition) is 24. The van der Waals surface area contributed by atoms with Crippen LogP contribution in [0.25, 0.3) is 21.8 Å². The lowest BCUT2D eigenvalue weighted by Crippen LogP contribution is -2.62. The highest BCUT2D eigenvalue weighted by molar-refractivity contribution is 7.80. The van der Waals surface area contributed by atoms with Crippen LogP contribution in [0.5, 0.6) is 5.75 Å². The summed E-state index contributed by atoms with van der Waals surface area (Å²) in [5.41, 5.74) is 31.1. The van der Waals surface area contributed by atoms with Gasteiger partial charge >= 0.3 is 0 Å². The van der Waals surface area contributed by atoms with Crippen LogP contribution in [0.3, 0.4) is 0 Å². The number of phenolic OH excluding ortho intramolecular Hbond substituents is 1. The van der Waals surface area contributed by atoms with Crippen LogP contribution in [-0.2, 0) is 107 Å². The maximum atomic E-state index is 15.4. The number of guanidine groups is 1. The quantitative estimate of drug-likeness (QED) is 0.00754. The maximum Gasteiger partial charge on any atom is 0.246 e. The number of hydrogen-bond donors (Lipinski definition) is 26. The second-order valence-electron chi connectivity index (χ2n) is 31.9. The number of thiol groups is 2. The third-order valence-corrected chi connectivity index (χ3v) is 21.9. The van der Waals surface area contributed by atoms with E-state index in [0.29, 0.717) is 76.3 Å². The molecule has 0 aliphatic carbocycles. The Morgan fingerprint density at radius 3 is 1.44 bits per heavy atom. The van der Waals surface area contributed by atoms with Crippen molar-refractivity contribution in [2.45, 2.75) is 196 Å². The topological polar surface area (TPSA) is 680 Å². The minimum atomic E-state index is -1.82. The summed E-state index contributed by atoms with van der Waals surface area (Å²) in [7, 11) is 1.32. The lowest BCUT2D eigenvalue weighted by molar-refractivity contribution is -0.143. The Kier molecular flexibility index (Phi) is 45.0. The number of phenols is 1. The van der Waals surface area contributed by atoms with E-state index < -0.39 is 217 Å². The molecule has 42 nitrogen and oxygen atoms in total. The van der Waals surface area contributed by atoms with Crippen LogP contribution >= 0.6 is 25.3 Å². The molecule has 0 fully saturated rings. The fourth-order valence-electron chi connectivity index (χ4n) is 14.1. The van der Waals surface area contributed by atoms with Gasteiger partial charge in [-0.05, 0) is 130 Å². The van der Waals surface area contributed by atoms with E-state index in [-0.39, 0.29) is 89.1 Å². The molecule has 2 heterocycles. The van der Waals surface area contributed by atoms with Crippen molar-refractivity contribution in [2.24, 2.45) is 34.6 Å². The molecule has 0 bridgehead atoms. The van der Waals surface area contributed by atoms with Crippen molar-refractivity contribution in [3.63, 3.8) is 0 Å². The van der Waals surface area contributed by atoms with Gasteiger partial charge in [-0.1, -0.05) is 92.7 Å². The molecule has 13 atom stereocenters. The number of primary amides is 2. The summed E-state index contributed by atoms with van der Waals surface area (Å²) in [5, 5.41) is 67.2. The Labute approximate surface area is 768 Å². The number of ether oxygens (including phenoxy) is 1. The lowest BCUT2D eigenvalue weighted by atomic mass is 9.99. The van der Waals surface area contributed by atoms with E-state index in [1.807, 2.05) is 0 Å². The number of unbranched alkanes of at least 4 members (excludes halogenated alkanes) is 2. The number of carbonyl (C=O) groups is 16. The second-order valence-corrected chi connectivity index (χ2v) is 32.6. The lowest BCUT2D eigenvalue weighted by Gasteiger charge is -2.32. The van der Waals surface area contributed by atoms with Gasteiger partial charge in [-0.25, -0.2) is 0 Å². The molecule has 0 saturated heterocycles. The number of aromatic amines is 2. The molecule has 0 saturated carbocycles. The Morgan fingerprint density at radius 1 is 0.458 bits per heavy atom. The van der Waals surface area contributed by atoms with E-state index >= 15 is 19.2 Å². The molecular formula is C87H125N23O19S2. The number of benzene rings is 4. The van der Waals surface area contributed by atoms with Crippen LogP contribution in [0.15, 0.2) is 116 Å². The molecule has 714 valence electrons. The number of aromatic nitrogens is 2. The minimum absolute atomic E-state index is 0.000211. The second kappa shape index (κ2) is 55.2. The number of aliphatic hydroxyl groups excluding tert-OH is 1. The Balaban J connectivity index is 1.26. The summed E-state index contributed by atoms with van der Waals surface area (Å²) in [5.74, 6) is -16.0. The number of nitrogens with one attached hydrogen (secondary N) is 17. The fourth-order valence-corrected chi connectivity index (χ4v) is 14.6. The number of nitrogens with two attached hydrogens (primary N) is 5. The monoisotopic (exact) mass is 1860 g/mol. The minimum Gasteiger partial charge on any atom is -0.508 e. The molecule has 0 unspecified atom stereocenters. The maximum absolute atomic E-state index is 15.4. The molecule has 2 aromatic heterocycles. The first-order valence-electron chi connectivity index (χ1n) is 43.0. The first-order valence-corrected chi connectivity index (χ1v) is 44.3. The van der Waals surface area contributed by atoms with Gasteiger partial charge < -0.3 is 133 Å². The highest BCUT2D eigenvalue weighted by Gasteiger charge is 2.40. The number of H-pyrrole nitrogens is 2. The van der Waals surface area contributed by atoms with E-state index in [9.17, 15) is 67.7 Å². The zero-order chi connectivity index (χ0) is 96.4. The van der Waals surface area contributed by atoms with Crippen LogP contribution in [0.1, 0.15) is 114 Å². The number of aromatic hydroxyl groups is 1. The number of carbonyl (C=O) groups excluding carboxylic acids is 16. The summed E-state index contributed by atoms with van der Waals surface area (Å²) >= 11 is 8.63.